The van der Waals surface area contributed by atoms with E-state index in [-0.39, 0.29) is 0 Å². The summed E-state index contributed by atoms with van der Waals surface area (Å²) in [5.74, 6) is -69.4. The number of hydrogen-bond donors (Lipinski definition) is 2. The Kier molecular flexibility index (Phi) is 13.5. The van der Waals surface area contributed by atoms with Crippen LogP contribution in [-0.2, 0) is 0 Å². The summed E-state index contributed by atoms with van der Waals surface area (Å²) in [4.78, 5) is 16.1. The van der Waals surface area contributed by atoms with E-state index in [4.69, 9.17) is 0 Å². The third-order valence-electron chi connectivity index (χ3n) is 13.2. The topological polar surface area (TPSA) is 70.2 Å². The Labute approximate surface area is 452 Å². The molecule has 0 amide bonds. The standard InChI is InChI=1S/C55H12F25N5/c56-31-26(32(57)42(67)51(76)41(31)66)21-11-1-2-12(81-11)22(27-33(58)43(68)52(77)44(69)34(27)59)14-5-6-16(83-14)24(29-37(62)47(72)54(79)48(73)38(29)63)18-9-10-20(85-18)25(30-39(64)49(74)55(80)50(75)40(30)65)19-8-7-17(84-19)23(15-4-3-13(21)82-15)28-35(60)45(70)53(78)46(71)36(28)61/h1-10,81,84H. The smallest absolute Gasteiger partial charge is 0.200 e. The molecular formula is C55H12F25N5. The number of hydrogen-bond acceptors (Lipinski definition) is 3. The van der Waals surface area contributed by atoms with E-state index in [0.29, 0.717) is 60.7 Å². The number of halogens is 25. The van der Waals surface area contributed by atoms with Gasteiger partial charge in [0.15, 0.2) is 116 Å². The van der Waals surface area contributed by atoms with Crippen LogP contribution >= 0.6 is 0 Å². The molecular weight excluding hydrogens is 1210 g/mol. The predicted octanol–water partition coefficient (Wildman–Crippen LogP) is 17.5. The number of aromatic amines is 2. The van der Waals surface area contributed by atoms with E-state index in [2.05, 4.69) is 24.9 Å². The Bertz CT molecular complexity index is 4380. The molecule has 0 fully saturated rings. The van der Waals surface area contributed by atoms with Crippen molar-refractivity contribution < 1.29 is 110 Å². The Morgan fingerprint density at radius 1 is 0.165 bits per heavy atom. The van der Waals surface area contributed by atoms with Crippen LogP contribution in [0.15, 0.2) is 24.3 Å². The van der Waals surface area contributed by atoms with Crippen molar-refractivity contribution in [2.45, 2.75) is 0 Å². The lowest BCUT2D eigenvalue weighted by atomic mass is 10.00. The van der Waals surface area contributed by atoms with E-state index in [0.717, 1.165) is 0 Å². The second-order valence-corrected chi connectivity index (χ2v) is 17.8. The van der Waals surface area contributed by atoms with Crippen molar-refractivity contribution in [2.75, 3.05) is 0 Å². The van der Waals surface area contributed by atoms with Crippen LogP contribution in [0, 0.1) is 145 Å². The highest BCUT2D eigenvalue weighted by atomic mass is 19.2. The van der Waals surface area contributed by atoms with Gasteiger partial charge >= 0.3 is 0 Å². The molecule has 8 aromatic rings. The number of nitrogens with one attached hydrogen (secondary N) is 2. The maximum absolute atomic E-state index is 16.2. The zero-order chi connectivity index (χ0) is 61.6. The molecule has 30 heteroatoms. The first kappa shape index (κ1) is 56.9. The summed E-state index contributed by atoms with van der Waals surface area (Å²) in [5.41, 5.74) is -29.7. The molecule has 0 spiro atoms. The first-order valence-corrected chi connectivity index (χ1v) is 22.9. The highest BCUT2D eigenvalue weighted by Gasteiger charge is 2.37. The number of nitrogens with zero attached hydrogens (tertiary/aromatic N) is 3. The average Bonchev–Trinajstić information content (AvgIpc) is 2.22. The van der Waals surface area contributed by atoms with Gasteiger partial charge in [-0.1, -0.05) is 0 Å². The van der Waals surface area contributed by atoms with E-state index in [1.807, 2.05) is 0 Å². The maximum atomic E-state index is 16.2. The van der Waals surface area contributed by atoms with Gasteiger partial charge in [0.25, 0.3) is 0 Å². The summed E-state index contributed by atoms with van der Waals surface area (Å²) >= 11 is 0. The number of H-pyrrole nitrogens is 2. The SMILES string of the molecule is Fc1c(F)c(F)c(-c2c3nc(c(-c4c(F)c(F)c(F)c(F)c4F)c4ccc([nH]4)c(-c4c(F)c(F)c(F)c(F)c4F)c4nc(c(-c5c(F)c(F)c(F)c(F)c5F)c5ccc([nH]5)c(-c5c(F)c(F)c(F)c(F)c5F)c5nc2C=C5)C=C4)C=C3)c(F)c1F. The average molecular weight is 1220 g/mol. The summed E-state index contributed by atoms with van der Waals surface area (Å²) < 4.78 is 387. The first-order chi connectivity index (χ1) is 40.1. The molecule has 0 saturated carbocycles. The van der Waals surface area contributed by atoms with E-state index in [1.165, 1.54) is 0 Å². The maximum Gasteiger partial charge on any atom is 0.200 e. The van der Waals surface area contributed by atoms with Crippen LogP contribution in [0.2, 0.25) is 0 Å². The normalized spacial score (nSPS) is 12.4. The largest absolute Gasteiger partial charge is 0.354 e. The fourth-order valence-electron chi connectivity index (χ4n) is 9.41. The highest BCUT2D eigenvalue weighted by Crippen LogP contribution is 2.46. The molecule has 0 aliphatic carbocycles. The van der Waals surface area contributed by atoms with Crippen molar-refractivity contribution in [3.8, 4) is 55.6 Å². The Hall–Kier alpha value is -9.90. The third kappa shape index (κ3) is 8.33. The minimum absolute atomic E-state index is 0.458. The molecule has 85 heavy (non-hydrogen) atoms. The quantitative estimate of drug-likeness (QED) is 0.102. The zero-order valence-electron chi connectivity index (χ0n) is 40.1. The summed E-state index contributed by atoms with van der Waals surface area (Å²) in [6, 6.07) is 2.00. The van der Waals surface area contributed by atoms with Gasteiger partial charge in [-0.3, -0.25) is 0 Å². The van der Waals surface area contributed by atoms with Crippen molar-refractivity contribution in [1.82, 2.24) is 24.9 Å². The van der Waals surface area contributed by atoms with Crippen molar-refractivity contribution in [1.29, 1.82) is 0 Å². The molecule has 0 saturated heterocycles. The summed E-state index contributed by atoms with van der Waals surface area (Å²) in [7, 11) is 0. The van der Waals surface area contributed by atoms with Gasteiger partial charge in [-0.15, -0.1) is 0 Å². The predicted molar refractivity (Wildman–Crippen MR) is 249 cm³/mol. The molecule has 0 radical (unpaired) electrons. The minimum atomic E-state index is -2.84. The second kappa shape index (κ2) is 20.2. The van der Waals surface area contributed by atoms with Crippen molar-refractivity contribution >= 4 is 58.5 Å². The van der Waals surface area contributed by atoms with Crippen LogP contribution in [0.5, 0.6) is 0 Å². The number of fused-ring (bicyclic) bond motifs is 10. The zero-order valence-corrected chi connectivity index (χ0v) is 40.1. The summed E-state index contributed by atoms with van der Waals surface area (Å²) in [6.45, 7) is 0. The Balaban J connectivity index is 1.47. The van der Waals surface area contributed by atoms with E-state index < -0.39 is 257 Å². The number of aromatic nitrogens is 5. The van der Waals surface area contributed by atoms with Crippen molar-refractivity contribution in [3.05, 3.63) is 204 Å². The van der Waals surface area contributed by atoms with Gasteiger partial charge < -0.3 is 9.97 Å². The second-order valence-electron chi connectivity index (χ2n) is 17.8. The monoisotopic (exact) mass is 1220 g/mol. The number of rotatable bonds is 5. The first-order valence-electron chi connectivity index (χ1n) is 22.9. The Morgan fingerprint density at radius 3 is 0.459 bits per heavy atom. The van der Waals surface area contributed by atoms with Crippen LogP contribution in [0.3, 0.4) is 0 Å². The third-order valence-corrected chi connectivity index (χ3v) is 13.2. The number of benzene rings is 5. The van der Waals surface area contributed by atoms with Gasteiger partial charge in [0.2, 0.25) is 29.1 Å². The van der Waals surface area contributed by atoms with Crippen LogP contribution in [0.4, 0.5) is 110 Å². The molecule has 0 atom stereocenters. The van der Waals surface area contributed by atoms with Gasteiger partial charge in [-0.2, -0.15) is 0 Å². The van der Waals surface area contributed by atoms with Gasteiger partial charge in [-0.05, 0) is 60.7 Å². The molecule has 10 bridgehead atoms. The summed E-state index contributed by atoms with van der Waals surface area (Å²) in [5, 5.41) is 0. The molecule has 2 N–H and O–H groups in total. The van der Waals surface area contributed by atoms with Crippen molar-refractivity contribution in [2.24, 2.45) is 0 Å². The van der Waals surface area contributed by atoms with E-state index in [1.54, 1.807) is 0 Å². The van der Waals surface area contributed by atoms with E-state index >= 15 is 87.8 Å². The van der Waals surface area contributed by atoms with Crippen LogP contribution in [0.25, 0.3) is 114 Å². The molecule has 3 aliphatic rings. The Morgan fingerprint density at radius 2 is 0.294 bits per heavy atom. The molecule has 3 aromatic heterocycles. The molecule has 3 aliphatic heterocycles. The lowest BCUT2D eigenvalue weighted by Crippen LogP contribution is -2.06. The van der Waals surface area contributed by atoms with Gasteiger partial charge in [0.1, 0.15) is 0 Å². The fourth-order valence-corrected chi connectivity index (χ4v) is 9.41. The molecule has 0 unspecified atom stereocenters. The molecule has 5 nitrogen and oxygen atoms in total. The van der Waals surface area contributed by atoms with Crippen LogP contribution < -0.4 is 0 Å². The molecule has 11 rings (SSSR count). The molecule has 6 heterocycles. The van der Waals surface area contributed by atoms with Gasteiger partial charge in [0.05, 0.1) is 62.0 Å². The van der Waals surface area contributed by atoms with Gasteiger partial charge in [0, 0.05) is 49.9 Å². The lowest BCUT2D eigenvalue weighted by Gasteiger charge is -2.12. The molecule has 5 aromatic carbocycles. The highest BCUT2D eigenvalue weighted by molar-refractivity contribution is 6.00. The van der Waals surface area contributed by atoms with Crippen LogP contribution in [-0.4, -0.2) is 24.9 Å². The van der Waals surface area contributed by atoms with E-state index in [9.17, 15) is 22.0 Å². The summed E-state index contributed by atoms with van der Waals surface area (Å²) in [6.07, 6.45) is 2.79. The molecule has 432 valence electrons. The van der Waals surface area contributed by atoms with Gasteiger partial charge in [-0.25, -0.2) is 125 Å². The lowest BCUT2D eigenvalue weighted by molar-refractivity contribution is 0.381. The van der Waals surface area contributed by atoms with Crippen molar-refractivity contribution in [3.63, 3.8) is 0 Å². The fraction of sp³-hybridized carbons (Fsp3) is 0. The minimum Gasteiger partial charge on any atom is -0.354 e. The van der Waals surface area contributed by atoms with Crippen LogP contribution in [0.1, 0.15) is 34.2 Å².